The van der Waals surface area contributed by atoms with Crippen molar-refractivity contribution in [2.24, 2.45) is 0 Å². The van der Waals surface area contributed by atoms with E-state index in [1.807, 2.05) is 30.3 Å². The fourth-order valence-electron chi connectivity index (χ4n) is 3.47. The predicted molar refractivity (Wildman–Crippen MR) is 175 cm³/mol. The van der Waals surface area contributed by atoms with Crippen LogP contribution in [0.1, 0.15) is 18.4 Å². The number of aliphatic carboxylic acids is 1. The van der Waals surface area contributed by atoms with Gasteiger partial charge in [-0.25, -0.2) is 9.59 Å². The summed E-state index contributed by atoms with van der Waals surface area (Å²) in [7, 11) is 0. The van der Waals surface area contributed by atoms with Crippen LogP contribution in [0.2, 0.25) is 0 Å². The van der Waals surface area contributed by atoms with E-state index in [4.69, 9.17) is 57.2 Å². The Bertz CT molecular complexity index is 984. The molecular weight excluding hydrogens is 666 g/mol. The van der Waals surface area contributed by atoms with E-state index in [1.165, 1.54) is 0 Å². The minimum Gasteiger partial charge on any atom is -0.476 e. The van der Waals surface area contributed by atoms with Crippen molar-refractivity contribution in [1.29, 1.82) is 0 Å². The lowest BCUT2D eigenvalue weighted by Crippen LogP contribution is -2.28. The molecule has 0 bridgehead atoms. The van der Waals surface area contributed by atoms with Crippen LogP contribution in [0, 0.1) is 0 Å². The summed E-state index contributed by atoms with van der Waals surface area (Å²) in [5.41, 5.74) is 0.927. The van der Waals surface area contributed by atoms with Crippen molar-refractivity contribution in [2.45, 2.75) is 19.4 Å². The van der Waals surface area contributed by atoms with Gasteiger partial charge in [-0.3, -0.25) is 9.59 Å². The van der Waals surface area contributed by atoms with Gasteiger partial charge in [0.2, 0.25) is 5.78 Å². The SMILES string of the molecule is O=C(CCC(=O)C(=O)O)OCCOCCOCCOCCOCCOCCOCCOCCOCCOCCNC(=O)OCc1ccccc1. The summed E-state index contributed by atoms with van der Waals surface area (Å²) < 4.78 is 58.6. The number of rotatable bonds is 36. The number of amides is 1. The monoisotopic (exact) mass is 719 g/mol. The molecule has 0 heterocycles. The van der Waals surface area contributed by atoms with E-state index in [-0.39, 0.29) is 26.2 Å². The summed E-state index contributed by atoms with van der Waals surface area (Å²) >= 11 is 0. The Hall–Kier alpha value is -3.26. The van der Waals surface area contributed by atoms with Gasteiger partial charge in [-0.05, 0) is 5.56 Å². The van der Waals surface area contributed by atoms with Gasteiger partial charge in [0.25, 0.3) is 0 Å². The lowest BCUT2D eigenvalue weighted by Gasteiger charge is -2.09. The van der Waals surface area contributed by atoms with Crippen molar-refractivity contribution in [3.05, 3.63) is 35.9 Å². The maximum atomic E-state index is 11.6. The molecule has 0 atom stereocenters. The van der Waals surface area contributed by atoms with Crippen LogP contribution in [0.15, 0.2) is 30.3 Å². The molecule has 2 N–H and O–H groups in total. The summed E-state index contributed by atoms with van der Waals surface area (Å²) in [6.45, 7) is 7.90. The van der Waals surface area contributed by atoms with Crippen LogP contribution >= 0.6 is 0 Å². The zero-order valence-electron chi connectivity index (χ0n) is 28.7. The fourth-order valence-corrected chi connectivity index (χ4v) is 3.47. The molecule has 0 saturated heterocycles. The number of carbonyl (C=O) groups is 4. The quantitative estimate of drug-likeness (QED) is 0.0565. The largest absolute Gasteiger partial charge is 0.476 e. The lowest BCUT2D eigenvalue weighted by atomic mass is 10.2. The molecule has 17 nitrogen and oxygen atoms in total. The third kappa shape index (κ3) is 30.8. The predicted octanol–water partition coefficient (Wildman–Crippen LogP) is 1.04. The number of benzene rings is 1. The van der Waals surface area contributed by atoms with Crippen molar-refractivity contribution < 1.29 is 76.4 Å². The number of ketones is 1. The second-order valence-electron chi connectivity index (χ2n) is 9.95. The van der Waals surface area contributed by atoms with Crippen molar-refractivity contribution in [3.8, 4) is 0 Å². The van der Waals surface area contributed by atoms with Crippen molar-refractivity contribution in [3.63, 3.8) is 0 Å². The number of alkyl carbamates (subject to hydrolysis) is 1. The molecule has 0 aliphatic heterocycles. The maximum absolute atomic E-state index is 11.6. The lowest BCUT2D eigenvalue weighted by molar-refractivity contribution is -0.151. The van der Waals surface area contributed by atoms with Crippen LogP contribution in [0.4, 0.5) is 4.79 Å². The molecule has 0 saturated carbocycles. The first-order valence-electron chi connectivity index (χ1n) is 16.5. The van der Waals surface area contributed by atoms with Crippen LogP contribution in [0.25, 0.3) is 0 Å². The van der Waals surface area contributed by atoms with E-state index >= 15 is 0 Å². The van der Waals surface area contributed by atoms with E-state index in [2.05, 4.69) is 5.32 Å². The van der Waals surface area contributed by atoms with Gasteiger partial charge >= 0.3 is 18.0 Å². The van der Waals surface area contributed by atoms with Crippen molar-refractivity contribution in [2.75, 3.05) is 132 Å². The Morgan fingerprint density at radius 2 is 0.860 bits per heavy atom. The number of carbonyl (C=O) groups excluding carboxylic acids is 3. The van der Waals surface area contributed by atoms with Crippen molar-refractivity contribution >= 4 is 23.8 Å². The summed E-state index contributed by atoms with van der Waals surface area (Å²) in [4.78, 5) is 44.3. The molecule has 286 valence electrons. The number of esters is 1. The second-order valence-corrected chi connectivity index (χ2v) is 9.95. The molecule has 1 aromatic rings. The van der Waals surface area contributed by atoms with Gasteiger partial charge in [-0.2, -0.15) is 0 Å². The highest BCUT2D eigenvalue weighted by Crippen LogP contribution is 2.00. The molecule has 0 unspecified atom stereocenters. The Balaban J connectivity index is 1.66. The first-order chi connectivity index (χ1) is 24.5. The molecule has 0 aromatic heterocycles. The second kappa shape index (κ2) is 34.2. The van der Waals surface area contributed by atoms with Crippen LogP contribution in [0.3, 0.4) is 0 Å². The zero-order chi connectivity index (χ0) is 36.2. The molecule has 0 aliphatic carbocycles. The van der Waals surface area contributed by atoms with Gasteiger partial charge in [0, 0.05) is 13.0 Å². The van der Waals surface area contributed by atoms with Crippen LogP contribution in [0.5, 0.6) is 0 Å². The number of hydrogen-bond donors (Lipinski definition) is 2. The van der Waals surface area contributed by atoms with E-state index in [0.717, 1.165) is 5.56 Å². The van der Waals surface area contributed by atoms with E-state index in [1.54, 1.807) is 0 Å². The summed E-state index contributed by atoms with van der Waals surface area (Å²) in [6.07, 6.45) is -1.15. The minimum atomic E-state index is -1.57. The number of carboxylic acids is 1. The molecule has 1 aromatic carbocycles. The Labute approximate surface area is 293 Å². The van der Waals surface area contributed by atoms with E-state index in [9.17, 15) is 19.2 Å². The van der Waals surface area contributed by atoms with Gasteiger partial charge in [0.05, 0.1) is 125 Å². The molecule has 50 heavy (non-hydrogen) atoms. The van der Waals surface area contributed by atoms with Crippen LogP contribution < -0.4 is 5.32 Å². The Morgan fingerprint density at radius 3 is 1.26 bits per heavy atom. The van der Waals surface area contributed by atoms with Crippen LogP contribution in [-0.2, 0) is 73.1 Å². The molecule has 0 radical (unpaired) electrons. The van der Waals surface area contributed by atoms with E-state index in [0.29, 0.717) is 119 Å². The highest BCUT2D eigenvalue weighted by molar-refractivity contribution is 6.32. The molecule has 1 rings (SSSR count). The number of nitrogens with one attached hydrogen (secondary N) is 1. The molecule has 0 aliphatic rings. The highest BCUT2D eigenvalue weighted by atomic mass is 16.6. The third-order valence-electron chi connectivity index (χ3n) is 5.99. The topological polar surface area (TPSA) is 202 Å². The number of hydrogen-bond acceptors (Lipinski definition) is 15. The first kappa shape index (κ1) is 44.8. The summed E-state index contributed by atoms with van der Waals surface area (Å²) in [5.74, 6) is -3.25. The number of ether oxygens (including phenoxy) is 11. The van der Waals surface area contributed by atoms with Gasteiger partial charge in [-0.15, -0.1) is 0 Å². The molecule has 0 fully saturated rings. The third-order valence-corrected chi connectivity index (χ3v) is 5.99. The van der Waals surface area contributed by atoms with Gasteiger partial charge < -0.3 is 62.5 Å². The first-order valence-corrected chi connectivity index (χ1v) is 16.5. The van der Waals surface area contributed by atoms with Gasteiger partial charge in [-0.1, -0.05) is 30.3 Å². The zero-order valence-corrected chi connectivity index (χ0v) is 28.7. The maximum Gasteiger partial charge on any atom is 0.407 e. The number of Topliss-reactive ketones (excluding diaryl/α,β-unsaturated/α-hetero) is 1. The standard InChI is InChI=1S/C33H53NO16/c35-30(32(37)38)6-7-31(36)49-27-26-48-25-24-47-23-22-46-21-20-45-19-18-44-17-16-43-15-14-42-13-12-41-11-10-40-9-8-34-33(39)50-28-29-4-2-1-3-5-29/h1-5H,6-28H2,(H,34,39)(H,37,38). The Morgan fingerprint density at radius 1 is 0.480 bits per heavy atom. The normalized spacial score (nSPS) is 11.0. The van der Waals surface area contributed by atoms with Gasteiger partial charge in [0.15, 0.2) is 0 Å². The fraction of sp³-hybridized carbons (Fsp3) is 0.697. The molecular formula is C33H53NO16. The van der Waals surface area contributed by atoms with Gasteiger partial charge in [0.1, 0.15) is 13.2 Å². The number of carboxylic acid groups (broad SMARTS) is 1. The molecule has 1 amide bonds. The minimum absolute atomic E-state index is 0.00833. The molecule has 0 spiro atoms. The van der Waals surface area contributed by atoms with Crippen molar-refractivity contribution in [1.82, 2.24) is 5.32 Å². The smallest absolute Gasteiger partial charge is 0.407 e. The summed E-state index contributed by atoms with van der Waals surface area (Å²) in [5, 5.41) is 11.1. The Kier molecular flexibility index (Phi) is 30.6. The van der Waals surface area contributed by atoms with E-state index < -0.39 is 30.2 Å². The highest BCUT2D eigenvalue weighted by Gasteiger charge is 2.14. The molecule has 17 heteroatoms. The average Bonchev–Trinajstić information content (AvgIpc) is 3.12. The average molecular weight is 720 g/mol. The van der Waals surface area contributed by atoms with Crippen LogP contribution in [-0.4, -0.2) is 161 Å². The summed E-state index contributed by atoms with van der Waals surface area (Å²) in [6, 6.07) is 9.46.